The monoisotopic (exact) mass is 390 g/mol. The van der Waals surface area contributed by atoms with Crippen molar-refractivity contribution >= 4 is 48.9 Å². The largest absolute Gasteiger partial charge is 0.296 e. The van der Waals surface area contributed by atoms with E-state index in [0.717, 1.165) is 26.4 Å². The highest BCUT2D eigenvalue weighted by Crippen LogP contribution is 2.27. The molecule has 5 aromatic rings. The summed E-state index contributed by atoms with van der Waals surface area (Å²) < 4.78 is 2.88. The molecule has 0 aliphatic carbocycles. The number of amides is 1. The van der Waals surface area contributed by atoms with E-state index in [9.17, 15) is 4.79 Å². The minimum Gasteiger partial charge on any atom is -0.296 e. The zero-order chi connectivity index (χ0) is 18.4. The molecule has 132 valence electrons. The molecule has 2 aromatic carbocycles. The van der Waals surface area contributed by atoms with Crippen molar-refractivity contribution < 1.29 is 4.79 Å². The van der Waals surface area contributed by atoms with Gasteiger partial charge in [-0.2, -0.15) is 0 Å². The number of nitrogens with zero attached hydrogens (tertiary/aromatic N) is 3. The van der Waals surface area contributed by atoms with Gasteiger partial charge in [-0.25, -0.2) is 9.97 Å². The maximum atomic E-state index is 12.8. The van der Waals surface area contributed by atoms with Crippen LogP contribution < -0.4 is 5.32 Å². The average molecular weight is 390 g/mol. The van der Waals surface area contributed by atoms with Crippen LogP contribution in [0, 0.1) is 6.92 Å². The first-order chi connectivity index (χ1) is 13.2. The summed E-state index contributed by atoms with van der Waals surface area (Å²) >= 11 is 2.92. The zero-order valence-electron chi connectivity index (χ0n) is 14.3. The Morgan fingerprint density at radius 1 is 1.07 bits per heavy atom. The lowest BCUT2D eigenvalue weighted by atomic mass is 10.1. The van der Waals surface area contributed by atoms with Crippen LogP contribution in [0.4, 0.5) is 5.13 Å². The highest BCUT2D eigenvalue weighted by molar-refractivity contribution is 7.22. The molecular weight excluding hydrogens is 376 g/mol. The average Bonchev–Trinajstić information content (AvgIpc) is 3.35. The van der Waals surface area contributed by atoms with Crippen molar-refractivity contribution in [2.45, 2.75) is 6.92 Å². The second-order valence-electron chi connectivity index (χ2n) is 6.21. The van der Waals surface area contributed by atoms with Crippen LogP contribution in [0.1, 0.15) is 16.1 Å². The van der Waals surface area contributed by atoms with Gasteiger partial charge in [-0.3, -0.25) is 14.5 Å². The molecule has 0 aliphatic rings. The maximum Gasteiger partial charge on any atom is 0.275 e. The van der Waals surface area contributed by atoms with Crippen molar-refractivity contribution in [3.8, 4) is 11.3 Å². The lowest BCUT2D eigenvalue weighted by Gasteiger charge is -2.00. The third-order valence-corrected chi connectivity index (χ3v) is 6.10. The fourth-order valence-corrected chi connectivity index (χ4v) is 4.61. The van der Waals surface area contributed by atoms with Crippen molar-refractivity contribution in [1.29, 1.82) is 0 Å². The Hall–Kier alpha value is -3.03. The van der Waals surface area contributed by atoms with Gasteiger partial charge in [0.25, 0.3) is 5.91 Å². The van der Waals surface area contributed by atoms with Crippen molar-refractivity contribution in [2.24, 2.45) is 0 Å². The second kappa shape index (κ2) is 6.29. The van der Waals surface area contributed by atoms with Crippen LogP contribution in [-0.4, -0.2) is 20.3 Å². The lowest BCUT2D eigenvalue weighted by molar-refractivity contribution is 0.102. The summed E-state index contributed by atoms with van der Waals surface area (Å²) in [5.41, 5.74) is 4.54. The summed E-state index contributed by atoms with van der Waals surface area (Å²) in [5.74, 6) is -0.187. The molecule has 0 saturated heterocycles. The van der Waals surface area contributed by atoms with Crippen LogP contribution in [0.3, 0.4) is 0 Å². The van der Waals surface area contributed by atoms with Crippen molar-refractivity contribution in [3.05, 3.63) is 71.4 Å². The van der Waals surface area contributed by atoms with Crippen molar-refractivity contribution in [3.63, 3.8) is 0 Å². The van der Waals surface area contributed by atoms with Gasteiger partial charge in [0.15, 0.2) is 10.1 Å². The van der Waals surface area contributed by atoms with Crippen LogP contribution in [0.5, 0.6) is 0 Å². The van der Waals surface area contributed by atoms with Gasteiger partial charge in [-0.05, 0) is 19.1 Å². The number of thiazole rings is 2. The number of hydrogen-bond acceptors (Lipinski definition) is 5. The summed E-state index contributed by atoms with van der Waals surface area (Å²) in [6.45, 7) is 2.06. The Morgan fingerprint density at radius 3 is 2.70 bits per heavy atom. The van der Waals surface area contributed by atoms with E-state index in [0.29, 0.717) is 10.8 Å². The molecule has 7 heteroatoms. The van der Waals surface area contributed by atoms with Gasteiger partial charge in [0.1, 0.15) is 5.69 Å². The Balaban J connectivity index is 1.47. The maximum absolute atomic E-state index is 12.8. The highest BCUT2D eigenvalue weighted by Gasteiger charge is 2.17. The standard InChI is InChI=1S/C20H14N4OS2/c1-12-6-8-13(9-7-12)15-10-24-16(11-26-20(24)22-15)18(25)23-19-21-14-4-2-3-5-17(14)27-19/h2-11H,1H3,(H,21,23,25). The predicted molar refractivity (Wildman–Crippen MR) is 111 cm³/mol. The fraction of sp³-hybridized carbons (Fsp3) is 0.0500. The molecule has 0 saturated carbocycles. The predicted octanol–water partition coefficient (Wildman–Crippen LogP) is 5.23. The molecule has 0 unspecified atom stereocenters. The van der Waals surface area contributed by atoms with E-state index < -0.39 is 0 Å². The molecule has 0 bridgehead atoms. The molecule has 1 N–H and O–H groups in total. The number of carbonyl (C=O) groups excluding carboxylic acids is 1. The third kappa shape index (κ3) is 2.90. The summed E-state index contributed by atoms with van der Waals surface area (Å²) in [5, 5.41) is 5.33. The van der Waals surface area contributed by atoms with Gasteiger partial charge in [0, 0.05) is 17.1 Å². The highest BCUT2D eigenvalue weighted by atomic mass is 32.1. The quantitative estimate of drug-likeness (QED) is 0.459. The van der Waals surface area contributed by atoms with E-state index in [4.69, 9.17) is 0 Å². The van der Waals surface area contributed by atoms with Gasteiger partial charge in [-0.15, -0.1) is 11.3 Å². The molecule has 0 atom stereocenters. The molecule has 3 aromatic heterocycles. The number of hydrogen-bond donors (Lipinski definition) is 1. The van der Waals surface area contributed by atoms with Gasteiger partial charge in [-0.1, -0.05) is 53.3 Å². The Kier molecular flexibility index (Phi) is 3.77. The van der Waals surface area contributed by atoms with Crippen molar-refractivity contribution in [2.75, 3.05) is 5.32 Å². The van der Waals surface area contributed by atoms with Crippen LogP contribution in [0.15, 0.2) is 60.1 Å². The summed E-state index contributed by atoms with van der Waals surface area (Å²) in [7, 11) is 0. The van der Waals surface area contributed by atoms with Gasteiger partial charge >= 0.3 is 0 Å². The number of imidazole rings is 1. The molecule has 5 nitrogen and oxygen atoms in total. The number of fused-ring (bicyclic) bond motifs is 2. The number of para-hydroxylation sites is 1. The molecule has 0 aliphatic heterocycles. The molecule has 0 radical (unpaired) electrons. The van der Waals surface area contributed by atoms with E-state index in [1.807, 2.05) is 52.4 Å². The number of carbonyl (C=O) groups is 1. The van der Waals surface area contributed by atoms with E-state index >= 15 is 0 Å². The normalized spacial score (nSPS) is 11.3. The Labute approximate surface area is 163 Å². The SMILES string of the molecule is Cc1ccc(-c2cn3c(C(=O)Nc4nc5ccccc5s4)csc3n2)cc1. The minimum atomic E-state index is -0.187. The molecule has 27 heavy (non-hydrogen) atoms. The van der Waals surface area contributed by atoms with E-state index in [1.54, 1.807) is 0 Å². The van der Waals surface area contributed by atoms with Gasteiger partial charge in [0.05, 0.1) is 15.9 Å². The first-order valence-electron chi connectivity index (χ1n) is 8.38. The number of rotatable bonds is 3. The topological polar surface area (TPSA) is 59.3 Å². The summed E-state index contributed by atoms with van der Waals surface area (Å²) in [4.78, 5) is 22.7. The summed E-state index contributed by atoms with van der Waals surface area (Å²) in [6.07, 6.45) is 1.91. The first-order valence-corrected chi connectivity index (χ1v) is 10.1. The first kappa shape index (κ1) is 16.2. The molecule has 1 amide bonds. The van der Waals surface area contributed by atoms with Gasteiger partial charge in [0.2, 0.25) is 0 Å². The van der Waals surface area contributed by atoms with E-state index in [2.05, 4.69) is 34.3 Å². The van der Waals surface area contributed by atoms with Crippen molar-refractivity contribution in [1.82, 2.24) is 14.4 Å². The van der Waals surface area contributed by atoms with E-state index in [-0.39, 0.29) is 5.91 Å². The lowest BCUT2D eigenvalue weighted by Crippen LogP contribution is -2.13. The third-order valence-electron chi connectivity index (χ3n) is 4.30. The zero-order valence-corrected chi connectivity index (χ0v) is 16.0. The molecular formula is C20H14N4OS2. The molecule has 3 heterocycles. The fourth-order valence-electron chi connectivity index (χ4n) is 2.90. The number of anilines is 1. The molecule has 5 rings (SSSR count). The summed E-state index contributed by atoms with van der Waals surface area (Å²) in [6, 6.07) is 16.0. The number of nitrogens with one attached hydrogen (secondary N) is 1. The minimum absolute atomic E-state index is 0.187. The van der Waals surface area contributed by atoms with Crippen LogP contribution in [0.25, 0.3) is 26.4 Å². The van der Waals surface area contributed by atoms with Crippen LogP contribution in [-0.2, 0) is 0 Å². The smallest absolute Gasteiger partial charge is 0.275 e. The molecule has 0 fully saturated rings. The molecule has 0 spiro atoms. The van der Waals surface area contributed by atoms with Crippen LogP contribution >= 0.6 is 22.7 Å². The van der Waals surface area contributed by atoms with E-state index in [1.165, 1.54) is 28.2 Å². The van der Waals surface area contributed by atoms with Gasteiger partial charge < -0.3 is 0 Å². The van der Waals surface area contributed by atoms with Crippen LogP contribution in [0.2, 0.25) is 0 Å². The Morgan fingerprint density at radius 2 is 1.89 bits per heavy atom. The Bertz CT molecular complexity index is 1250. The number of aryl methyl sites for hydroxylation is 1. The number of benzene rings is 2. The number of aromatic nitrogens is 3. The second-order valence-corrected chi connectivity index (χ2v) is 8.07.